The summed E-state index contributed by atoms with van der Waals surface area (Å²) in [5.41, 5.74) is 3.94. The van der Waals surface area contributed by atoms with Gasteiger partial charge in [-0.1, -0.05) is 29.8 Å². The van der Waals surface area contributed by atoms with E-state index in [1.54, 1.807) is 43.5 Å². The number of phenolic OH excluding ortho intramolecular Hbond substituents is 1. The molecular formula is C33H27ClO7. The van der Waals surface area contributed by atoms with Gasteiger partial charge in [-0.15, -0.1) is 0 Å². The molecule has 0 aromatic heterocycles. The number of carbonyl (C=O) groups is 2. The molecule has 0 spiro atoms. The van der Waals surface area contributed by atoms with E-state index in [0.717, 1.165) is 23.3 Å². The fourth-order valence-electron chi connectivity index (χ4n) is 5.37. The summed E-state index contributed by atoms with van der Waals surface area (Å²) in [6, 6.07) is 21.1. The number of halogens is 1. The van der Waals surface area contributed by atoms with E-state index in [2.05, 4.69) is 6.07 Å². The highest BCUT2D eigenvalue weighted by atomic mass is 35.5. The maximum Gasteiger partial charge on any atom is 0.312 e. The Hall–Kier alpha value is -4.49. The monoisotopic (exact) mass is 570 g/mol. The number of hydrogen-bond acceptors (Lipinski definition) is 7. The second-order valence-corrected chi connectivity index (χ2v) is 10.4. The van der Waals surface area contributed by atoms with E-state index in [0.29, 0.717) is 47.3 Å². The van der Waals surface area contributed by atoms with Gasteiger partial charge >= 0.3 is 5.97 Å². The molecule has 0 bridgehead atoms. The van der Waals surface area contributed by atoms with E-state index in [-0.39, 0.29) is 29.3 Å². The quantitative estimate of drug-likeness (QED) is 0.151. The highest BCUT2D eigenvalue weighted by molar-refractivity contribution is 6.30. The highest BCUT2D eigenvalue weighted by Crippen LogP contribution is 2.47. The first kappa shape index (κ1) is 26.7. The normalized spacial score (nSPS) is 15.4. The molecule has 8 heteroatoms. The Labute approximate surface area is 242 Å². The predicted octanol–water partition coefficient (Wildman–Crippen LogP) is 6.28. The minimum Gasteiger partial charge on any atom is -0.507 e. The summed E-state index contributed by atoms with van der Waals surface area (Å²) < 4.78 is 22.7. The van der Waals surface area contributed by atoms with Crippen molar-refractivity contribution in [1.29, 1.82) is 0 Å². The van der Waals surface area contributed by atoms with E-state index in [9.17, 15) is 14.7 Å². The summed E-state index contributed by atoms with van der Waals surface area (Å²) in [7, 11) is 1.57. The van der Waals surface area contributed by atoms with Crippen molar-refractivity contribution in [1.82, 2.24) is 0 Å². The Morgan fingerprint density at radius 2 is 1.80 bits per heavy atom. The number of benzene rings is 4. The van der Waals surface area contributed by atoms with Crippen LogP contribution in [0.15, 0.2) is 72.8 Å². The van der Waals surface area contributed by atoms with Crippen molar-refractivity contribution in [2.45, 2.75) is 25.2 Å². The number of esters is 1. The number of phenols is 1. The molecule has 2 aliphatic rings. The standard InChI is InChI=1S/C33H27ClO7/c1-38-27-10-5-21(17-29(27)40-14-12-19-2-9-26-22(16-19)13-15-39-26)25-18-30(35)41-28-11-8-24(33(37)31(25)28)32(36)20-3-6-23(34)7-4-20/h2-11,16-17,25,37H,12-15,18H2,1H3. The lowest BCUT2D eigenvalue weighted by Crippen LogP contribution is -2.22. The van der Waals surface area contributed by atoms with Gasteiger partial charge in [0, 0.05) is 34.9 Å². The van der Waals surface area contributed by atoms with Crippen molar-refractivity contribution in [2.24, 2.45) is 0 Å². The van der Waals surface area contributed by atoms with Crippen molar-refractivity contribution in [3.05, 3.63) is 111 Å². The Bertz CT molecular complexity index is 1640. The van der Waals surface area contributed by atoms with E-state index in [1.165, 1.54) is 11.6 Å². The molecule has 208 valence electrons. The van der Waals surface area contributed by atoms with Gasteiger partial charge in [0.25, 0.3) is 0 Å². The Morgan fingerprint density at radius 3 is 2.61 bits per heavy atom. The van der Waals surface area contributed by atoms with E-state index < -0.39 is 11.9 Å². The van der Waals surface area contributed by atoms with Crippen LogP contribution in [-0.4, -0.2) is 37.2 Å². The molecule has 0 amide bonds. The molecule has 0 saturated heterocycles. The first-order valence-electron chi connectivity index (χ1n) is 13.3. The van der Waals surface area contributed by atoms with Gasteiger partial charge in [-0.2, -0.15) is 0 Å². The summed E-state index contributed by atoms with van der Waals surface area (Å²) in [6.07, 6.45) is 1.59. The number of fused-ring (bicyclic) bond motifs is 2. The molecule has 0 fully saturated rings. The maximum atomic E-state index is 13.3. The summed E-state index contributed by atoms with van der Waals surface area (Å²) in [5, 5.41) is 11.8. The summed E-state index contributed by atoms with van der Waals surface area (Å²) in [5.74, 6) is 0.639. The average molecular weight is 571 g/mol. The SMILES string of the molecule is COc1ccc(C2CC(=O)Oc3ccc(C(=O)c4ccc(Cl)cc4)c(O)c32)cc1OCCc1ccc2c(c1)CCO2. The molecule has 1 unspecified atom stereocenters. The Balaban J connectivity index is 1.29. The van der Waals surface area contributed by atoms with Crippen molar-refractivity contribution in [3.63, 3.8) is 0 Å². The number of ether oxygens (including phenoxy) is 4. The lowest BCUT2D eigenvalue weighted by molar-refractivity contribution is -0.135. The molecule has 6 rings (SSSR count). The van der Waals surface area contributed by atoms with Crippen molar-refractivity contribution in [2.75, 3.05) is 20.3 Å². The van der Waals surface area contributed by atoms with E-state index in [4.69, 9.17) is 30.5 Å². The van der Waals surface area contributed by atoms with Gasteiger partial charge in [0.15, 0.2) is 17.3 Å². The summed E-state index contributed by atoms with van der Waals surface area (Å²) >= 11 is 5.97. The molecule has 1 atom stereocenters. The molecule has 7 nitrogen and oxygen atoms in total. The predicted molar refractivity (Wildman–Crippen MR) is 153 cm³/mol. The van der Waals surface area contributed by atoms with Crippen molar-refractivity contribution in [3.8, 4) is 28.7 Å². The van der Waals surface area contributed by atoms with Gasteiger partial charge < -0.3 is 24.1 Å². The molecule has 0 saturated carbocycles. The van der Waals surface area contributed by atoms with Crippen molar-refractivity contribution < 1.29 is 33.6 Å². The van der Waals surface area contributed by atoms with Crippen LogP contribution < -0.4 is 18.9 Å². The van der Waals surface area contributed by atoms with Crippen LogP contribution in [0.5, 0.6) is 28.7 Å². The van der Waals surface area contributed by atoms with Gasteiger partial charge in [0.2, 0.25) is 0 Å². The Kier molecular flexibility index (Phi) is 7.28. The van der Waals surface area contributed by atoms with Crippen LogP contribution in [0.25, 0.3) is 0 Å². The second kappa shape index (κ2) is 11.2. The van der Waals surface area contributed by atoms with Gasteiger partial charge in [-0.05, 0) is 71.3 Å². The molecule has 0 aliphatic carbocycles. The molecule has 1 N–H and O–H groups in total. The first-order chi connectivity index (χ1) is 19.9. The smallest absolute Gasteiger partial charge is 0.312 e. The van der Waals surface area contributed by atoms with Crippen LogP contribution in [-0.2, 0) is 17.6 Å². The van der Waals surface area contributed by atoms with Gasteiger partial charge in [0.1, 0.15) is 17.2 Å². The average Bonchev–Trinajstić information content (AvgIpc) is 3.45. The van der Waals surface area contributed by atoms with Crippen LogP contribution in [0, 0.1) is 0 Å². The number of hydrogen-bond donors (Lipinski definition) is 1. The maximum absolute atomic E-state index is 13.3. The minimum absolute atomic E-state index is 0.0118. The zero-order valence-electron chi connectivity index (χ0n) is 22.3. The fraction of sp³-hybridized carbons (Fsp3) is 0.212. The third kappa shape index (κ3) is 5.33. The number of rotatable bonds is 8. The minimum atomic E-state index is -0.561. The largest absolute Gasteiger partial charge is 0.507 e. The van der Waals surface area contributed by atoms with Crippen LogP contribution in [0.1, 0.15) is 50.5 Å². The topological polar surface area (TPSA) is 91.3 Å². The van der Waals surface area contributed by atoms with E-state index in [1.807, 2.05) is 24.3 Å². The van der Waals surface area contributed by atoms with Gasteiger partial charge in [-0.25, -0.2) is 0 Å². The zero-order valence-corrected chi connectivity index (χ0v) is 23.1. The summed E-state index contributed by atoms with van der Waals surface area (Å²) in [6.45, 7) is 1.12. The molecular weight excluding hydrogens is 544 g/mol. The molecule has 4 aromatic rings. The number of aromatic hydroxyl groups is 1. The molecule has 2 heterocycles. The number of methoxy groups -OCH3 is 1. The molecule has 41 heavy (non-hydrogen) atoms. The van der Waals surface area contributed by atoms with Gasteiger partial charge in [0.05, 0.1) is 32.3 Å². The van der Waals surface area contributed by atoms with Crippen LogP contribution >= 0.6 is 11.6 Å². The summed E-state index contributed by atoms with van der Waals surface area (Å²) in [4.78, 5) is 25.8. The molecule has 2 aliphatic heterocycles. The lowest BCUT2D eigenvalue weighted by Gasteiger charge is -2.27. The third-order valence-electron chi connectivity index (χ3n) is 7.46. The Morgan fingerprint density at radius 1 is 1.00 bits per heavy atom. The zero-order chi connectivity index (χ0) is 28.5. The van der Waals surface area contributed by atoms with Crippen molar-refractivity contribution >= 4 is 23.4 Å². The van der Waals surface area contributed by atoms with Crippen LogP contribution in [0.3, 0.4) is 0 Å². The molecule has 4 aromatic carbocycles. The second-order valence-electron chi connectivity index (χ2n) is 9.99. The van der Waals surface area contributed by atoms with Gasteiger partial charge in [-0.3, -0.25) is 9.59 Å². The first-order valence-corrected chi connectivity index (χ1v) is 13.7. The van der Waals surface area contributed by atoms with Crippen LogP contribution in [0.4, 0.5) is 0 Å². The van der Waals surface area contributed by atoms with Crippen LogP contribution in [0.2, 0.25) is 5.02 Å². The number of ketones is 1. The fourth-order valence-corrected chi connectivity index (χ4v) is 5.50. The molecule has 0 radical (unpaired) electrons. The highest BCUT2D eigenvalue weighted by Gasteiger charge is 2.34. The third-order valence-corrected chi connectivity index (χ3v) is 7.72. The number of carbonyl (C=O) groups excluding carboxylic acids is 2. The lowest BCUT2D eigenvalue weighted by atomic mass is 9.84. The van der Waals surface area contributed by atoms with E-state index >= 15 is 0 Å².